The molecule has 0 atom stereocenters. The number of hydrogen-bond donors (Lipinski definition) is 4. The topological polar surface area (TPSA) is 204 Å². The van der Waals surface area contributed by atoms with Gasteiger partial charge in [0.15, 0.2) is 9.84 Å². The zero-order valence-corrected chi connectivity index (χ0v) is 16.4. The molecule has 14 heteroatoms. The molecule has 0 bridgehead atoms. The van der Waals surface area contributed by atoms with Gasteiger partial charge in [-0.05, 0) is 42.5 Å². The molecule has 0 aliphatic heterocycles. The summed E-state index contributed by atoms with van der Waals surface area (Å²) in [4.78, 5) is 10.7. The van der Waals surface area contributed by atoms with Gasteiger partial charge in [0.25, 0.3) is 0 Å². The van der Waals surface area contributed by atoms with Crippen LogP contribution in [-0.4, -0.2) is 39.8 Å². The largest absolute Gasteiger partial charge is 0.397 e. The van der Waals surface area contributed by atoms with Gasteiger partial charge in [-0.15, -0.1) is 5.11 Å². The Morgan fingerprint density at radius 2 is 1.72 bits per heavy atom. The number of carbonyl (C=O) groups is 1. The summed E-state index contributed by atoms with van der Waals surface area (Å²) in [5, 5.41) is 10.3. The van der Waals surface area contributed by atoms with E-state index in [0.717, 1.165) is 0 Å². The summed E-state index contributed by atoms with van der Waals surface area (Å²) in [7, 11) is -8.54. The number of azo groups is 1. The lowest BCUT2D eigenvalue weighted by molar-refractivity contribution is 0.259. The van der Waals surface area contributed by atoms with E-state index in [0.29, 0.717) is 17.1 Å². The predicted octanol–water partition coefficient (Wildman–Crippen LogP) is 1.77. The molecule has 0 radical (unpaired) electrons. The van der Waals surface area contributed by atoms with Gasteiger partial charge < -0.3 is 16.8 Å². The molecule has 2 aromatic rings. The Morgan fingerprint density at radius 3 is 2.28 bits per heavy atom. The van der Waals surface area contributed by atoms with Crippen LogP contribution in [0.25, 0.3) is 0 Å². The minimum absolute atomic E-state index is 0.0863. The van der Waals surface area contributed by atoms with E-state index >= 15 is 0 Å². The Bertz CT molecular complexity index is 1130. The first kappa shape index (κ1) is 22.2. The highest BCUT2D eigenvalue weighted by atomic mass is 32.3. The molecule has 0 spiro atoms. The maximum absolute atomic E-state index is 12.1. The van der Waals surface area contributed by atoms with E-state index in [1.807, 2.05) is 0 Å². The van der Waals surface area contributed by atoms with E-state index in [4.69, 9.17) is 16.0 Å². The molecule has 6 N–H and O–H groups in total. The normalized spacial score (nSPS) is 12.2. The van der Waals surface area contributed by atoms with E-state index in [9.17, 15) is 21.6 Å². The van der Waals surface area contributed by atoms with Crippen molar-refractivity contribution in [1.29, 1.82) is 0 Å². The summed E-state index contributed by atoms with van der Waals surface area (Å²) >= 11 is 0. The fraction of sp³-hybridized carbons (Fsp3) is 0.133. The van der Waals surface area contributed by atoms with Crippen LogP contribution in [0.4, 0.5) is 27.5 Å². The third-order valence-electron chi connectivity index (χ3n) is 3.35. The van der Waals surface area contributed by atoms with Crippen molar-refractivity contribution < 1.29 is 30.4 Å². The quantitative estimate of drug-likeness (QED) is 0.268. The van der Waals surface area contributed by atoms with Crippen LogP contribution in [0.15, 0.2) is 57.6 Å². The van der Waals surface area contributed by atoms with E-state index in [1.165, 1.54) is 42.5 Å². The molecular weight excluding hydrogens is 426 g/mol. The van der Waals surface area contributed by atoms with E-state index in [-0.39, 0.29) is 10.6 Å². The van der Waals surface area contributed by atoms with Crippen LogP contribution in [0.3, 0.4) is 0 Å². The molecule has 2 amide bonds. The average molecular weight is 443 g/mol. The van der Waals surface area contributed by atoms with Crippen LogP contribution < -0.4 is 16.8 Å². The van der Waals surface area contributed by atoms with Gasteiger partial charge in [-0.1, -0.05) is 0 Å². The second kappa shape index (κ2) is 8.95. The number of nitrogens with two attached hydrogens (primary N) is 2. The zero-order chi connectivity index (χ0) is 21.7. The van der Waals surface area contributed by atoms with E-state index in [2.05, 4.69) is 19.7 Å². The van der Waals surface area contributed by atoms with Crippen LogP contribution >= 0.6 is 0 Å². The van der Waals surface area contributed by atoms with Crippen LogP contribution in [0.5, 0.6) is 0 Å². The number of amides is 2. The molecule has 0 aromatic heterocycles. The molecule has 0 unspecified atom stereocenters. The Balaban J connectivity index is 2.07. The van der Waals surface area contributed by atoms with Crippen molar-refractivity contribution in [1.82, 2.24) is 0 Å². The highest BCUT2D eigenvalue weighted by molar-refractivity contribution is 7.91. The Kier molecular flexibility index (Phi) is 6.86. The third-order valence-corrected chi connectivity index (χ3v) is 5.51. The molecule has 2 aromatic carbocycles. The van der Waals surface area contributed by atoms with Crippen molar-refractivity contribution in [2.24, 2.45) is 16.0 Å². The molecule has 0 saturated carbocycles. The molecular formula is C15H17N5O7S2. The number of hydrogen-bond acceptors (Lipinski definition) is 9. The number of benzene rings is 2. The van der Waals surface area contributed by atoms with Crippen molar-refractivity contribution in [3.8, 4) is 0 Å². The van der Waals surface area contributed by atoms with Gasteiger partial charge in [-0.25, -0.2) is 17.4 Å². The number of urea groups is 1. The van der Waals surface area contributed by atoms with Crippen molar-refractivity contribution in [2.45, 2.75) is 4.90 Å². The van der Waals surface area contributed by atoms with Gasteiger partial charge in [0.1, 0.15) is 5.69 Å². The molecule has 0 heterocycles. The minimum atomic E-state index is -4.71. The molecule has 0 fully saturated rings. The Labute approximate surface area is 166 Å². The first-order valence-corrected chi connectivity index (χ1v) is 10.8. The van der Waals surface area contributed by atoms with E-state index < -0.39 is 38.6 Å². The molecule has 0 saturated heterocycles. The van der Waals surface area contributed by atoms with Crippen LogP contribution in [-0.2, 0) is 24.4 Å². The van der Waals surface area contributed by atoms with Gasteiger partial charge in [-0.2, -0.15) is 13.5 Å². The maximum atomic E-state index is 12.1. The number of carbonyl (C=O) groups excluding carboxylic acids is 1. The average Bonchev–Trinajstić information content (AvgIpc) is 2.59. The number of sulfone groups is 1. The second-order valence-electron chi connectivity index (χ2n) is 5.53. The summed E-state index contributed by atoms with van der Waals surface area (Å²) in [5.41, 5.74) is 12.1. The lowest BCUT2D eigenvalue weighted by Crippen LogP contribution is -2.19. The summed E-state index contributed by atoms with van der Waals surface area (Å²) in [6, 6.07) is 9.05. The summed E-state index contributed by atoms with van der Waals surface area (Å²) in [6.07, 6.45) is 0. The number of nitrogen functional groups attached to an aromatic ring is 1. The number of nitrogens with zero attached hydrogens (tertiary/aromatic N) is 2. The fourth-order valence-corrected chi connectivity index (χ4v) is 3.55. The molecule has 29 heavy (non-hydrogen) atoms. The van der Waals surface area contributed by atoms with Crippen LogP contribution in [0.2, 0.25) is 0 Å². The highest BCUT2D eigenvalue weighted by Crippen LogP contribution is 2.28. The van der Waals surface area contributed by atoms with Crippen molar-refractivity contribution >= 4 is 49.0 Å². The Morgan fingerprint density at radius 1 is 1.07 bits per heavy atom. The number of rotatable bonds is 8. The van der Waals surface area contributed by atoms with E-state index in [1.54, 1.807) is 0 Å². The van der Waals surface area contributed by atoms with Crippen molar-refractivity contribution in [3.63, 3.8) is 0 Å². The fourth-order valence-electron chi connectivity index (χ4n) is 2.06. The van der Waals surface area contributed by atoms with Crippen molar-refractivity contribution in [3.05, 3.63) is 42.5 Å². The first-order chi connectivity index (χ1) is 13.5. The van der Waals surface area contributed by atoms with Gasteiger partial charge in [0.2, 0.25) is 0 Å². The van der Waals surface area contributed by atoms with Gasteiger partial charge in [0.05, 0.1) is 28.6 Å². The molecule has 156 valence electrons. The van der Waals surface area contributed by atoms with Gasteiger partial charge >= 0.3 is 16.4 Å². The lowest BCUT2D eigenvalue weighted by Gasteiger charge is -2.05. The summed E-state index contributed by atoms with van der Waals surface area (Å²) in [5.74, 6) is -0.643. The highest BCUT2D eigenvalue weighted by Gasteiger charge is 2.16. The monoisotopic (exact) mass is 443 g/mol. The predicted molar refractivity (Wildman–Crippen MR) is 104 cm³/mol. The first-order valence-electron chi connectivity index (χ1n) is 7.79. The Hall–Kier alpha value is -3.07. The van der Waals surface area contributed by atoms with Gasteiger partial charge in [0, 0.05) is 5.69 Å². The zero-order valence-electron chi connectivity index (χ0n) is 14.7. The number of primary amides is 1. The third kappa shape index (κ3) is 7.11. The molecule has 0 aliphatic carbocycles. The SMILES string of the molecule is NC(=O)Nc1ccc(/N=N/c2ccc(S(=O)(=O)CCOS(=O)(=O)O)cc2)c(N)c1. The lowest BCUT2D eigenvalue weighted by atomic mass is 10.2. The molecule has 0 aliphatic rings. The number of anilines is 2. The number of nitrogens with one attached hydrogen (secondary N) is 1. The van der Waals surface area contributed by atoms with Crippen LogP contribution in [0.1, 0.15) is 0 Å². The smallest absolute Gasteiger partial charge is 0.397 e. The standard InChI is InChI=1S/C15H17N5O7S2/c16-13-9-11(18-15(17)21)3-6-14(13)20-19-10-1-4-12(5-2-10)28(22,23)8-7-27-29(24,25)26/h1-6,9H,7-8,16H2,(H3,17,18,21)(H,24,25,26)/b20-19+. The van der Waals surface area contributed by atoms with Crippen LogP contribution in [0, 0.1) is 0 Å². The molecule has 2 rings (SSSR count). The minimum Gasteiger partial charge on any atom is -0.397 e. The second-order valence-corrected chi connectivity index (χ2v) is 8.73. The summed E-state index contributed by atoms with van der Waals surface area (Å²) in [6.45, 7) is -0.720. The van der Waals surface area contributed by atoms with Crippen molar-refractivity contribution in [2.75, 3.05) is 23.4 Å². The van der Waals surface area contributed by atoms with Gasteiger partial charge in [-0.3, -0.25) is 4.55 Å². The molecule has 12 nitrogen and oxygen atoms in total. The maximum Gasteiger partial charge on any atom is 0.397 e. The summed E-state index contributed by atoms with van der Waals surface area (Å²) < 4.78 is 57.6.